The van der Waals surface area contributed by atoms with Crippen molar-refractivity contribution in [1.29, 1.82) is 0 Å². The summed E-state index contributed by atoms with van der Waals surface area (Å²) in [5.74, 6) is 0. The highest BCUT2D eigenvalue weighted by Gasteiger charge is 2.12. The maximum atomic E-state index is 10.9. The molecule has 0 fully saturated rings. The first-order valence-electron chi connectivity index (χ1n) is 2.89. The molecule has 0 spiro atoms. The molecule has 0 amide bonds. The third kappa shape index (κ3) is 1.58. The molecular formula is C6H8N2OP+. The van der Waals surface area contributed by atoms with Crippen LogP contribution < -0.4 is 5.44 Å². The van der Waals surface area contributed by atoms with Crippen molar-refractivity contribution < 1.29 is 4.57 Å². The predicted molar refractivity (Wildman–Crippen MR) is 39.9 cm³/mol. The molecule has 0 radical (unpaired) electrons. The van der Waals surface area contributed by atoms with Gasteiger partial charge in [-0.1, -0.05) is 4.57 Å². The molecule has 1 aromatic heterocycles. The highest BCUT2D eigenvalue weighted by atomic mass is 31.1. The van der Waals surface area contributed by atoms with E-state index in [-0.39, 0.29) is 0 Å². The highest BCUT2D eigenvalue weighted by Crippen LogP contribution is 2.10. The van der Waals surface area contributed by atoms with E-state index in [4.69, 9.17) is 0 Å². The van der Waals surface area contributed by atoms with Gasteiger partial charge in [0.1, 0.15) is 13.0 Å². The molecule has 3 nitrogen and oxygen atoms in total. The standard InChI is InChI=1S/C6H8N2OP/c1-5-3-6(10(2)9)8-4-7-5/h3-4H,1-2H3/q+1. The maximum absolute atomic E-state index is 10.9. The zero-order valence-electron chi connectivity index (χ0n) is 5.90. The SMILES string of the molecule is Cc1cc([P+](C)=O)ncn1. The molecule has 4 heteroatoms. The Balaban J connectivity index is 3.07. The van der Waals surface area contributed by atoms with Crippen LogP contribution in [0.15, 0.2) is 12.4 Å². The summed E-state index contributed by atoms with van der Waals surface area (Å²) >= 11 is 0. The number of aromatic nitrogens is 2. The summed E-state index contributed by atoms with van der Waals surface area (Å²) in [6, 6.07) is 1.73. The van der Waals surface area contributed by atoms with Crippen LogP contribution in [-0.2, 0) is 4.57 Å². The van der Waals surface area contributed by atoms with Crippen molar-refractivity contribution in [3.8, 4) is 0 Å². The number of aryl methyl sites for hydroxylation is 1. The second-order valence-corrected chi connectivity index (χ2v) is 3.47. The molecule has 1 rings (SSSR count). The maximum Gasteiger partial charge on any atom is 0.393 e. The van der Waals surface area contributed by atoms with Gasteiger partial charge < -0.3 is 0 Å². The van der Waals surface area contributed by atoms with Crippen LogP contribution in [0.1, 0.15) is 5.69 Å². The van der Waals surface area contributed by atoms with E-state index in [1.165, 1.54) is 6.33 Å². The average molecular weight is 155 g/mol. The van der Waals surface area contributed by atoms with E-state index in [1.807, 2.05) is 6.92 Å². The second kappa shape index (κ2) is 2.84. The van der Waals surface area contributed by atoms with Gasteiger partial charge in [0.05, 0.1) is 0 Å². The molecule has 10 heavy (non-hydrogen) atoms. The fourth-order valence-corrected chi connectivity index (χ4v) is 1.20. The first-order valence-corrected chi connectivity index (χ1v) is 4.60. The van der Waals surface area contributed by atoms with Crippen LogP contribution in [-0.4, -0.2) is 16.6 Å². The lowest BCUT2D eigenvalue weighted by atomic mass is 10.5. The molecule has 1 unspecified atom stereocenters. The van der Waals surface area contributed by atoms with Gasteiger partial charge in [0.15, 0.2) is 0 Å². The number of hydrogen-bond acceptors (Lipinski definition) is 3. The van der Waals surface area contributed by atoms with Gasteiger partial charge >= 0.3 is 7.80 Å². The first-order chi connectivity index (χ1) is 4.70. The van der Waals surface area contributed by atoms with Crippen LogP contribution >= 0.6 is 7.80 Å². The summed E-state index contributed by atoms with van der Waals surface area (Å²) in [6.07, 6.45) is 1.43. The molecule has 52 valence electrons. The van der Waals surface area contributed by atoms with Crippen LogP contribution in [0.4, 0.5) is 0 Å². The zero-order chi connectivity index (χ0) is 7.56. The van der Waals surface area contributed by atoms with Gasteiger partial charge in [0.25, 0.3) is 5.44 Å². The molecule has 0 N–H and O–H groups in total. The lowest BCUT2D eigenvalue weighted by Crippen LogP contribution is -2.03. The Morgan fingerprint density at radius 1 is 1.50 bits per heavy atom. The van der Waals surface area contributed by atoms with E-state index in [1.54, 1.807) is 12.7 Å². The van der Waals surface area contributed by atoms with Crippen molar-refractivity contribution in [1.82, 2.24) is 9.97 Å². The number of rotatable bonds is 1. The van der Waals surface area contributed by atoms with Crippen molar-refractivity contribution in [3.63, 3.8) is 0 Å². The lowest BCUT2D eigenvalue weighted by Gasteiger charge is -1.85. The molecular weight excluding hydrogens is 147 g/mol. The summed E-state index contributed by atoms with van der Waals surface area (Å²) in [6.45, 7) is 3.49. The first kappa shape index (κ1) is 7.29. The van der Waals surface area contributed by atoms with Gasteiger partial charge in [-0.05, 0) is 6.92 Å². The fourth-order valence-electron chi connectivity index (χ4n) is 0.613. The molecule has 1 heterocycles. The van der Waals surface area contributed by atoms with E-state index >= 15 is 0 Å². The Morgan fingerprint density at radius 2 is 2.20 bits per heavy atom. The van der Waals surface area contributed by atoms with E-state index in [0.717, 1.165) is 5.69 Å². The Bertz CT molecular complexity index is 262. The molecule has 0 bridgehead atoms. The van der Waals surface area contributed by atoms with Crippen molar-refractivity contribution in [2.75, 3.05) is 6.66 Å². The van der Waals surface area contributed by atoms with Crippen molar-refractivity contribution in [3.05, 3.63) is 18.1 Å². The zero-order valence-corrected chi connectivity index (χ0v) is 6.80. The molecule has 1 atom stereocenters. The minimum atomic E-state index is -1.31. The minimum Gasteiger partial charge on any atom is -0.241 e. The topological polar surface area (TPSA) is 42.9 Å². The molecule has 0 saturated heterocycles. The summed E-state index contributed by atoms with van der Waals surface area (Å²) in [5.41, 5.74) is 1.48. The van der Waals surface area contributed by atoms with Crippen molar-refractivity contribution >= 4 is 13.2 Å². The van der Waals surface area contributed by atoms with Crippen molar-refractivity contribution in [2.45, 2.75) is 6.92 Å². The van der Waals surface area contributed by atoms with E-state index in [2.05, 4.69) is 9.97 Å². The Kier molecular flexibility index (Phi) is 2.07. The Hall–Kier alpha value is -0.820. The molecule has 0 saturated carbocycles. The average Bonchev–Trinajstić information content (AvgIpc) is 1.88. The number of hydrogen-bond donors (Lipinski definition) is 0. The van der Waals surface area contributed by atoms with Gasteiger partial charge in [0, 0.05) is 11.8 Å². The van der Waals surface area contributed by atoms with E-state index in [0.29, 0.717) is 5.44 Å². The largest absolute Gasteiger partial charge is 0.393 e. The third-order valence-corrected chi connectivity index (χ3v) is 2.00. The summed E-state index contributed by atoms with van der Waals surface area (Å²) in [7, 11) is -1.31. The molecule has 0 aromatic carbocycles. The molecule has 0 aliphatic carbocycles. The smallest absolute Gasteiger partial charge is 0.241 e. The third-order valence-electron chi connectivity index (χ3n) is 1.11. The second-order valence-electron chi connectivity index (χ2n) is 2.02. The van der Waals surface area contributed by atoms with Gasteiger partial charge in [0.2, 0.25) is 0 Å². The van der Waals surface area contributed by atoms with Crippen LogP contribution in [0.3, 0.4) is 0 Å². The van der Waals surface area contributed by atoms with Gasteiger partial charge in [-0.25, -0.2) is 4.98 Å². The number of nitrogens with zero attached hydrogens (tertiary/aromatic N) is 2. The fraction of sp³-hybridized carbons (Fsp3) is 0.333. The van der Waals surface area contributed by atoms with Gasteiger partial charge in [-0.2, -0.15) is 4.98 Å². The Labute approximate surface area is 60.3 Å². The minimum absolute atomic E-state index is 0.627. The van der Waals surface area contributed by atoms with Crippen LogP contribution in [0.5, 0.6) is 0 Å². The highest BCUT2D eigenvalue weighted by molar-refractivity contribution is 7.52. The van der Waals surface area contributed by atoms with Crippen LogP contribution in [0, 0.1) is 6.92 Å². The summed E-state index contributed by atoms with van der Waals surface area (Å²) in [5, 5.41) is 0. The van der Waals surface area contributed by atoms with Crippen LogP contribution in [0.2, 0.25) is 0 Å². The normalized spacial score (nSPS) is 11.2. The quantitative estimate of drug-likeness (QED) is 0.565. The summed E-state index contributed by atoms with van der Waals surface area (Å²) in [4.78, 5) is 7.73. The monoisotopic (exact) mass is 155 g/mol. The van der Waals surface area contributed by atoms with Crippen molar-refractivity contribution in [2.24, 2.45) is 0 Å². The van der Waals surface area contributed by atoms with Gasteiger partial charge in [-0.15, -0.1) is 0 Å². The van der Waals surface area contributed by atoms with Gasteiger partial charge in [-0.3, -0.25) is 0 Å². The predicted octanol–water partition coefficient (Wildman–Crippen LogP) is 0.868. The lowest BCUT2D eigenvalue weighted by molar-refractivity contribution is 0.595. The van der Waals surface area contributed by atoms with E-state index < -0.39 is 7.80 Å². The molecule has 1 aromatic rings. The Morgan fingerprint density at radius 3 is 2.60 bits per heavy atom. The van der Waals surface area contributed by atoms with Crippen LogP contribution in [0.25, 0.3) is 0 Å². The summed E-state index contributed by atoms with van der Waals surface area (Å²) < 4.78 is 10.9. The molecule has 0 aliphatic rings. The molecule has 0 aliphatic heterocycles. The van der Waals surface area contributed by atoms with E-state index in [9.17, 15) is 4.57 Å².